The lowest BCUT2D eigenvalue weighted by molar-refractivity contribution is -0.140. The normalized spacial score (nSPS) is 12.0. The first-order valence-electron chi connectivity index (χ1n) is 8.83. The predicted octanol–water partition coefficient (Wildman–Crippen LogP) is 2.75. The fourth-order valence-corrected chi connectivity index (χ4v) is 3.06. The van der Waals surface area contributed by atoms with Gasteiger partial charge in [-0.05, 0) is 31.5 Å². The van der Waals surface area contributed by atoms with Crippen LogP contribution in [0.4, 0.5) is 0 Å². The molecule has 0 aliphatic carbocycles. The van der Waals surface area contributed by atoms with Gasteiger partial charge in [-0.15, -0.1) is 6.58 Å². The molecule has 2 N–H and O–H groups in total. The Kier molecular flexibility index (Phi) is 7.01. The van der Waals surface area contributed by atoms with Crippen LogP contribution in [0.1, 0.15) is 29.4 Å². The number of carboxylic acid groups (broad SMARTS) is 1. The second-order valence-electron chi connectivity index (χ2n) is 6.19. The minimum Gasteiger partial charge on any atom is -0.497 e. The van der Waals surface area contributed by atoms with Crippen LogP contribution < -0.4 is 10.1 Å². The first-order valence-corrected chi connectivity index (χ1v) is 8.83. The molecule has 0 fully saturated rings. The summed E-state index contributed by atoms with van der Waals surface area (Å²) in [6.07, 6.45) is 2.43. The molecule has 146 valence electrons. The number of nitrogens with zero attached hydrogens (tertiary/aromatic N) is 1. The Morgan fingerprint density at radius 3 is 2.74 bits per heavy atom. The van der Waals surface area contributed by atoms with Crippen molar-refractivity contribution in [3.05, 3.63) is 42.1 Å². The van der Waals surface area contributed by atoms with Gasteiger partial charge in [0.2, 0.25) is 0 Å². The molecule has 0 aliphatic rings. The average Bonchev–Trinajstić information content (AvgIpc) is 2.92. The van der Waals surface area contributed by atoms with Gasteiger partial charge in [0.05, 0.1) is 25.9 Å². The number of nitrogens with one attached hydrogen (secondary N) is 1. The van der Waals surface area contributed by atoms with Crippen LogP contribution in [0.25, 0.3) is 10.9 Å². The van der Waals surface area contributed by atoms with Crippen molar-refractivity contribution in [3.63, 3.8) is 0 Å². The van der Waals surface area contributed by atoms with Gasteiger partial charge in [0.1, 0.15) is 5.75 Å². The molecule has 1 unspecified atom stereocenters. The molecule has 0 aliphatic heterocycles. The number of ether oxygens (including phenoxy) is 2. The molecule has 1 atom stereocenters. The van der Waals surface area contributed by atoms with E-state index in [1.807, 2.05) is 19.1 Å². The third-order valence-electron chi connectivity index (χ3n) is 4.33. The molecule has 1 amide bonds. The Bertz CT molecular complexity index is 840. The van der Waals surface area contributed by atoms with Crippen LogP contribution in [0.3, 0.4) is 0 Å². The monoisotopic (exact) mass is 374 g/mol. The number of aryl methyl sites for hydroxylation is 1. The van der Waals surface area contributed by atoms with Gasteiger partial charge in [-0.2, -0.15) is 0 Å². The van der Waals surface area contributed by atoms with E-state index in [-0.39, 0.29) is 13.2 Å². The van der Waals surface area contributed by atoms with Crippen LogP contribution >= 0.6 is 0 Å². The Morgan fingerprint density at radius 2 is 2.15 bits per heavy atom. The van der Waals surface area contributed by atoms with Gasteiger partial charge in [0, 0.05) is 23.1 Å². The largest absolute Gasteiger partial charge is 0.497 e. The minimum atomic E-state index is -1.15. The van der Waals surface area contributed by atoms with Crippen molar-refractivity contribution in [3.8, 4) is 5.75 Å². The summed E-state index contributed by atoms with van der Waals surface area (Å²) < 4.78 is 12.6. The van der Waals surface area contributed by atoms with Crippen molar-refractivity contribution < 1.29 is 24.2 Å². The summed E-state index contributed by atoms with van der Waals surface area (Å²) in [5.41, 5.74) is 2.15. The number of hydrogen-bond acceptors (Lipinski definition) is 4. The summed E-state index contributed by atoms with van der Waals surface area (Å²) in [4.78, 5) is 24.4. The number of hydrogen-bond donors (Lipinski definition) is 2. The molecule has 7 nitrogen and oxygen atoms in total. The molecule has 0 saturated carbocycles. The fourth-order valence-electron chi connectivity index (χ4n) is 3.06. The van der Waals surface area contributed by atoms with Crippen molar-refractivity contribution in [1.82, 2.24) is 9.88 Å². The summed E-state index contributed by atoms with van der Waals surface area (Å²) in [6, 6.07) is 4.41. The van der Waals surface area contributed by atoms with Crippen LogP contribution in [0.5, 0.6) is 5.75 Å². The Morgan fingerprint density at radius 1 is 1.41 bits per heavy atom. The molecule has 0 radical (unpaired) electrons. The van der Waals surface area contributed by atoms with Gasteiger partial charge in [-0.1, -0.05) is 13.0 Å². The molecule has 1 aromatic carbocycles. The van der Waals surface area contributed by atoms with E-state index in [1.54, 1.807) is 13.2 Å². The van der Waals surface area contributed by atoms with Gasteiger partial charge < -0.3 is 24.5 Å². The topological polar surface area (TPSA) is 89.8 Å². The van der Waals surface area contributed by atoms with Crippen LogP contribution in [-0.2, 0) is 16.1 Å². The number of carbonyl (C=O) groups excluding carboxylic acids is 1. The molecule has 7 heteroatoms. The van der Waals surface area contributed by atoms with E-state index >= 15 is 0 Å². The second kappa shape index (κ2) is 9.23. The van der Waals surface area contributed by atoms with E-state index in [2.05, 4.69) is 23.4 Å². The number of benzene rings is 1. The number of carbonyl (C=O) groups is 2. The highest BCUT2D eigenvalue weighted by Gasteiger charge is 2.25. The van der Waals surface area contributed by atoms with Crippen molar-refractivity contribution in [2.45, 2.75) is 32.9 Å². The lowest BCUT2D eigenvalue weighted by Crippen LogP contribution is -2.44. The second-order valence-corrected chi connectivity index (χ2v) is 6.19. The van der Waals surface area contributed by atoms with E-state index in [0.29, 0.717) is 11.3 Å². The molecule has 2 rings (SSSR count). The fraction of sp³-hybridized carbons (Fsp3) is 0.400. The van der Waals surface area contributed by atoms with Gasteiger partial charge in [-0.3, -0.25) is 4.79 Å². The summed E-state index contributed by atoms with van der Waals surface area (Å²) in [5, 5.41) is 12.7. The summed E-state index contributed by atoms with van der Waals surface area (Å²) in [5.74, 6) is -0.968. The highest BCUT2D eigenvalue weighted by Crippen LogP contribution is 2.29. The van der Waals surface area contributed by atoms with Crippen LogP contribution in [0.2, 0.25) is 0 Å². The quantitative estimate of drug-likeness (QED) is 0.493. The van der Waals surface area contributed by atoms with Gasteiger partial charge in [0.15, 0.2) is 6.04 Å². The minimum absolute atomic E-state index is 0.136. The number of fused-ring (bicyclic) bond motifs is 1. The summed E-state index contributed by atoms with van der Waals surface area (Å²) in [7, 11) is 1.56. The van der Waals surface area contributed by atoms with Crippen LogP contribution in [0, 0.1) is 6.92 Å². The number of methoxy groups -OCH3 is 1. The van der Waals surface area contributed by atoms with Crippen LogP contribution in [0.15, 0.2) is 30.9 Å². The lowest BCUT2D eigenvalue weighted by Gasteiger charge is -2.15. The zero-order chi connectivity index (χ0) is 20.0. The van der Waals surface area contributed by atoms with Crippen molar-refractivity contribution in [1.29, 1.82) is 0 Å². The third kappa shape index (κ3) is 4.49. The van der Waals surface area contributed by atoms with E-state index in [1.165, 1.54) is 6.08 Å². The van der Waals surface area contributed by atoms with Gasteiger partial charge >= 0.3 is 5.97 Å². The molecule has 27 heavy (non-hydrogen) atoms. The van der Waals surface area contributed by atoms with Crippen molar-refractivity contribution in [2.75, 3.05) is 20.3 Å². The third-order valence-corrected chi connectivity index (χ3v) is 4.33. The number of aliphatic carboxylic acids is 1. The highest BCUT2D eigenvalue weighted by molar-refractivity contribution is 6.09. The number of amides is 1. The van der Waals surface area contributed by atoms with Gasteiger partial charge in [0.25, 0.3) is 5.91 Å². The molecule has 1 heterocycles. The molecule has 0 saturated heterocycles. The first kappa shape index (κ1) is 20.5. The van der Waals surface area contributed by atoms with E-state index in [9.17, 15) is 14.7 Å². The zero-order valence-electron chi connectivity index (χ0n) is 15.9. The first-order chi connectivity index (χ1) is 12.9. The number of rotatable bonds is 10. The number of aromatic nitrogens is 1. The lowest BCUT2D eigenvalue weighted by atomic mass is 10.1. The standard InChI is InChI=1S/C20H26N2O5/c1-5-9-22-13(3)18(15-11-14(26-4)7-8-17(15)22)19(23)21-16(20(24)25)12-27-10-6-2/h6-8,11,16H,2,5,9-10,12H2,1,3-4H3,(H,21,23)(H,24,25). The molecule has 0 bridgehead atoms. The molecule has 1 aromatic heterocycles. The van der Waals surface area contributed by atoms with Gasteiger partial charge in [-0.25, -0.2) is 4.79 Å². The van der Waals surface area contributed by atoms with Crippen LogP contribution in [-0.4, -0.2) is 47.9 Å². The maximum atomic E-state index is 12.9. The SMILES string of the molecule is C=CCOCC(NC(=O)c1c(C)n(CCC)c2ccc(OC)cc12)C(=O)O. The summed E-state index contributed by atoms with van der Waals surface area (Å²) >= 11 is 0. The van der Waals surface area contributed by atoms with Crippen molar-refractivity contribution in [2.24, 2.45) is 0 Å². The maximum absolute atomic E-state index is 12.9. The average molecular weight is 374 g/mol. The Labute approximate surface area is 158 Å². The number of carboxylic acids is 1. The van der Waals surface area contributed by atoms with Crippen molar-refractivity contribution >= 4 is 22.8 Å². The molecular weight excluding hydrogens is 348 g/mol. The van der Waals surface area contributed by atoms with E-state index < -0.39 is 17.9 Å². The molecule has 0 spiro atoms. The summed E-state index contributed by atoms with van der Waals surface area (Å²) in [6.45, 7) is 8.28. The Balaban J connectivity index is 2.42. The van der Waals surface area contributed by atoms with E-state index in [4.69, 9.17) is 9.47 Å². The predicted molar refractivity (Wildman–Crippen MR) is 103 cm³/mol. The Hall–Kier alpha value is -2.80. The van der Waals surface area contributed by atoms with E-state index in [0.717, 1.165) is 29.6 Å². The maximum Gasteiger partial charge on any atom is 0.328 e. The smallest absolute Gasteiger partial charge is 0.328 e. The highest BCUT2D eigenvalue weighted by atomic mass is 16.5. The molecular formula is C20H26N2O5. The molecule has 2 aromatic rings. The zero-order valence-corrected chi connectivity index (χ0v) is 15.9.